The molecular weight excluding hydrogens is 376 g/mol. The normalized spacial score (nSPS) is 13.2. The van der Waals surface area contributed by atoms with Crippen LogP contribution in [0.1, 0.15) is 18.4 Å². The zero-order valence-electron chi connectivity index (χ0n) is 15.8. The number of hydrogen-bond acceptors (Lipinski definition) is 5. The highest BCUT2D eigenvalue weighted by atomic mass is 16.5. The van der Waals surface area contributed by atoms with Gasteiger partial charge in [0, 0.05) is 31.3 Å². The van der Waals surface area contributed by atoms with E-state index in [2.05, 4.69) is 5.32 Å². The summed E-state index contributed by atoms with van der Waals surface area (Å²) in [6.45, 7) is 0.366. The number of ether oxygens (including phenoxy) is 2. The van der Waals surface area contributed by atoms with Crippen LogP contribution in [0.5, 0.6) is 11.5 Å². The maximum absolute atomic E-state index is 12.1. The molecule has 1 aliphatic rings. The van der Waals surface area contributed by atoms with Crippen molar-refractivity contribution in [2.45, 2.75) is 19.4 Å². The molecule has 0 radical (unpaired) electrons. The van der Waals surface area contributed by atoms with E-state index < -0.39 is 12.6 Å². The molecule has 29 heavy (non-hydrogen) atoms. The van der Waals surface area contributed by atoms with E-state index in [0.29, 0.717) is 24.5 Å². The minimum Gasteiger partial charge on any atom is -0.484 e. The number of carboxylic acids is 1. The first kappa shape index (κ1) is 20.2. The Morgan fingerprint density at radius 3 is 2.48 bits per heavy atom. The Morgan fingerprint density at radius 1 is 1.03 bits per heavy atom. The molecular formula is C21H22N2O6. The van der Waals surface area contributed by atoms with E-state index in [4.69, 9.17) is 14.6 Å². The van der Waals surface area contributed by atoms with Crippen molar-refractivity contribution < 1.29 is 29.0 Å². The van der Waals surface area contributed by atoms with Crippen molar-refractivity contribution in [2.24, 2.45) is 0 Å². The van der Waals surface area contributed by atoms with E-state index in [-0.39, 0.29) is 25.0 Å². The number of rotatable bonds is 9. The third kappa shape index (κ3) is 5.97. The third-order valence-corrected chi connectivity index (χ3v) is 4.32. The Bertz CT molecular complexity index is 898. The Morgan fingerprint density at radius 2 is 1.76 bits per heavy atom. The summed E-state index contributed by atoms with van der Waals surface area (Å²) >= 11 is 0. The molecule has 0 saturated carbocycles. The first-order valence-electron chi connectivity index (χ1n) is 9.25. The number of anilines is 1. The maximum atomic E-state index is 12.1. The molecule has 8 nitrogen and oxygen atoms in total. The fourth-order valence-electron chi connectivity index (χ4n) is 2.95. The van der Waals surface area contributed by atoms with E-state index in [1.165, 1.54) is 0 Å². The van der Waals surface area contributed by atoms with E-state index in [9.17, 15) is 14.4 Å². The second-order valence-corrected chi connectivity index (χ2v) is 6.54. The van der Waals surface area contributed by atoms with Crippen LogP contribution in [0.15, 0.2) is 48.5 Å². The average Bonchev–Trinajstić information content (AvgIpc) is 3.15. The van der Waals surface area contributed by atoms with Crippen molar-refractivity contribution in [2.75, 3.05) is 24.7 Å². The van der Waals surface area contributed by atoms with Crippen LogP contribution in [-0.2, 0) is 20.9 Å². The van der Waals surface area contributed by atoms with Gasteiger partial charge in [0.05, 0.1) is 0 Å². The van der Waals surface area contributed by atoms with Crippen molar-refractivity contribution in [3.8, 4) is 11.5 Å². The van der Waals surface area contributed by atoms with Crippen LogP contribution >= 0.6 is 0 Å². The third-order valence-electron chi connectivity index (χ3n) is 4.32. The Hall–Kier alpha value is -3.55. The summed E-state index contributed by atoms with van der Waals surface area (Å²) in [5.41, 5.74) is 1.54. The number of nitrogens with zero attached hydrogens (tertiary/aromatic N) is 1. The first-order valence-corrected chi connectivity index (χ1v) is 9.25. The molecule has 1 aliphatic heterocycles. The summed E-state index contributed by atoms with van der Waals surface area (Å²) in [5, 5.41) is 11.4. The second-order valence-electron chi connectivity index (χ2n) is 6.54. The van der Waals surface area contributed by atoms with Gasteiger partial charge >= 0.3 is 5.97 Å². The van der Waals surface area contributed by atoms with Crippen molar-refractivity contribution in [3.63, 3.8) is 0 Å². The predicted molar refractivity (Wildman–Crippen MR) is 105 cm³/mol. The molecule has 0 spiro atoms. The van der Waals surface area contributed by atoms with Crippen LogP contribution in [0.3, 0.4) is 0 Å². The molecule has 0 aliphatic carbocycles. The lowest BCUT2D eigenvalue weighted by atomic mass is 10.2. The fourth-order valence-corrected chi connectivity index (χ4v) is 2.95. The van der Waals surface area contributed by atoms with Gasteiger partial charge in [-0.15, -0.1) is 0 Å². The van der Waals surface area contributed by atoms with Crippen molar-refractivity contribution in [1.29, 1.82) is 0 Å². The maximum Gasteiger partial charge on any atom is 0.341 e. The number of carboxylic acid groups (broad SMARTS) is 1. The number of aliphatic carboxylic acids is 1. The molecule has 8 heteroatoms. The predicted octanol–water partition coefficient (Wildman–Crippen LogP) is 1.97. The Balaban J connectivity index is 1.47. The zero-order chi connectivity index (χ0) is 20.6. The summed E-state index contributed by atoms with van der Waals surface area (Å²) in [5.74, 6) is -0.330. The number of amides is 2. The molecule has 1 saturated heterocycles. The van der Waals surface area contributed by atoms with E-state index in [1.807, 2.05) is 6.07 Å². The molecule has 2 aromatic carbocycles. The number of nitrogens with one attached hydrogen (secondary N) is 1. The molecule has 0 aromatic heterocycles. The SMILES string of the molecule is O=C(O)COc1cccc(CNC(=O)COc2cccc(N3CCCC3=O)c2)c1. The topological polar surface area (TPSA) is 105 Å². The molecule has 2 amide bonds. The van der Waals surface area contributed by atoms with E-state index in [0.717, 1.165) is 17.7 Å². The van der Waals surface area contributed by atoms with Gasteiger partial charge in [0.2, 0.25) is 5.91 Å². The van der Waals surface area contributed by atoms with Gasteiger partial charge in [0.1, 0.15) is 11.5 Å². The minimum absolute atomic E-state index is 0.0921. The highest BCUT2D eigenvalue weighted by molar-refractivity contribution is 5.95. The molecule has 3 rings (SSSR count). The lowest BCUT2D eigenvalue weighted by molar-refractivity contribution is -0.139. The molecule has 1 fully saturated rings. The summed E-state index contributed by atoms with van der Waals surface area (Å²) in [7, 11) is 0. The smallest absolute Gasteiger partial charge is 0.341 e. The van der Waals surface area contributed by atoms with E-state index >= 15 is 0 Å². The lowest BCUT2D eigenvalue weighted by Crippen LogP contribution is -2.28. The zero-order valence-corrected chi connectivity index (χ0v) is 15.8. The van der Waals surface area contributed by atoms with Gasteiger partial charge < -0.3 is 24.8 Å². The summed E-state index contributed by atoms with van der Waals surface area (Å²) in [6.07, 6.45) is 1.39. The van der Waals surface area contributed by atoms with Gasteiger partial charge in [0.15, 0.2) is 13.2 Å². The van der Waals surface area contributed by atoms with Gasteiger partial charge in [-0.3, -0.25) is 9.59 Å². The summed E-state index contributed by atoms with van der Waals surface area (Å²) in [4.78, 5) is 36.2. The molecule has 2 N–H and O–H groups in total. The first-order chi connectivity index (χ1) is 14.0. The van der Waals surface area contributed by atoms with Gasteiger partial charge in [-0.05, 0) is 36.2 Å². The standard InChI is InChI=1S/C21H22N2O6/c24-19(22-12-15-4-1-6-17(10-15)29-14-21(26)27)13-28-18-7-2-5-16(11-18)23-9-3-8-20(23)25/h1-2,4-7,10-11H,3,8-9,12-14H2,(H,22,24)(H,26,27). The van der Waals surface area contributed by atoms with Crippen molar-refractivity contribution in [1.82, 2.24) is 5.32 Å². The fraction of sp³-hybridized carbons (Fsp3) is 0.286. The van der Waals surface area contributed by atoms with Crippen molar-refractivity contribution >= 4 is 23.5 Å². The van der Waals surface area contributed by atoms with Crippen LogP contribution in [0.4, 0.5) is 5.69 Å². The van der Waals surface area contributed by atoms with Gasteiger partial charge in [0.25, 0.3) is 5.91 Å². The largest absolute Gasteiger partial charge is 0.484 e. The molecule has 0 atom stereocenters. The van der Waals surface area contributed by atoms with Crippen LogP contribution in [0.25, 0.3) is 0 Å². The average molecular weight is 398 g/mol. The number of carbonyl (C=O) groups is 3. The van der Waals surface area contributed by atoms with Crippen LogP contribution in [-0.4, -0.2) is 42.6 Å². The molecule has 0 unspecified atom stereocenters. The van der Waals surface area contributed by atoms with Crippen LogP contribution in [0.2, 0.25) is 0 Å². The summed E-state index contributed by atoms with van der Waals surface area (Å²) in [6, 6.07) is 14.0. The van der Waals surface area contributed by atoms with Gasteiger partial charge in [-0.25, -0.2) is 4.79 Å². The molecule has 1 heterocycles. The Labute approximate surface area is 168 Å². The van der Waals surface area contributed by atoms with Gasteiger partial charge in [-0.1, -0.05) is 18.2 Å². The Kier molecular flexibility index (Phi) is 6.67. The minimum atomic E-state index is -1.06. The quantitative estimate of drug-likeness (QED) is 0.669. The van der Waals surface area contributed by atoms with Crippen LogP contribution < -0.4 is 19.7 Å². The van der Waals surface area contributed by atoms with Crippen molar-refractivity contribution in [3.05, 3.63) is 54.1 Å². The lowest BCUT2D eigenvalue weighted by Gasteiger charge is -2.16. The summed E-state index contributed by atoms with van der Waals surface area (Å²) < 4.78 is 10.7. The monoisotopic (exact) mass is 398 g/mol. The highest BCUT2D eigenvalue weighted by Crippen LogP contribution is 2.25. The molecule has 152 valence electrons. The number of carbonyl (C=O) groups excluding carboxylic acids is 2. The second kappa shape index (κ2) is 9.59. The van der Waals surface area contributed by atoms with E-state index in [1.54, 1.807) is 47.4 Å². The number of benzene rings is 2. The number of hydrogen-bond donors (Lipinski definition) is 2. The van der Waals surface area contributed by atoms with Gasteiger partial charge in [-0.2, -0.15) is 0 Å². The molecule has 0 bridgehead atoms. The molecule has 2 aromatic rings. The van der Waals surface area contributed by atoms with Crippen LogP contribution in [0, 0.1) is 0 Å². The highest BCUT2D eigenvalue weighted by Gasteiger charge is 2.21.